The second-order valence-corrected chi connectivity index (χ2v) is 5.52. The minimum atomic E-state index is -0.171. The number of hydrogen-bond donors (Lipinski definition) is 3. The third-order valence-corrected chi connectivity index (χ3v) is 4.06. The van der Waals surface area contributed by atoms with Gasteiger partial charge in [-0.25, -0.2) is 4.98 Å². The number of H-pyrrole nitrogens is 1. The fourth-order valence-electron chi connectivity index (χ4n) is 2.68. The quantitative estimate of drug-likeness (QED) is 0.720. The van der Waals surface area contributed by atoms with E-state index < -0.39 is 0 Å². The summed E-state index contributed by atoms with van der Waals surface area (Å²) in [5.41, 5.74) is 6.75. The van der Waals surface area contributed by atoms with Crippen LogP contribution in [0.4, 0.5) is 11.6 Å². The highest BCUT2D eigenvalue weighted by atomic mass is 16.3. The Morgan fingerprint density at radius 3 is 2.90 bits per heavy atom. The molecule has 6 nitrogen and oxygen atoms in total. The molecular weight excluding hydrogens is 268 g/mol. The van der Waals surface area contributed by atoms with Crippen molar-refractivity contribution in [2.24, 2.45) is 0 Å². The lowest BCUT2D eigenvalue weighted by molar-refractivity contribution is 0.282. The molecule has 0 radical (unpaired) electrons. The maximum absolute atomic E-state index is 12.2. The number of rotatable bonds is 5. The minimum absolute atomic E-state index is 0.136. The Morgan fingerprint density at radius 1 is 1.43 bits per heavy atom. The van der Waals surface area contributed by atoms with Gasteiger partial charge in [-0.05, 0) is 43.9 Å². The van der Waals surface area contributed by atoms with Gasteiger partial charge in [0.05, 0.1) is 10.9 Å². The zero-order valence-corrected chi connectivity index (χ0v) is 11.9. The Kier molecular flexibility index (Phi) is 3.79. The summed E-state index contributed by atoms with van der Waals surface area (Å²) >= 11 is 0. The van der Waals surface area contributed by atoms with E-state index in [1.165, 1.54) is 6.42 Å². The molecule has 0 unspecified atom stereocenters. The molecule has 4 N–H and O–H groups in total. The van der Waals surface area contributed by atoms with Gasteiger partial charge in [0, 0.05) is 24.9 Å². The van der Waals surface area contributed by atoms with E-state index in [2.05, 4.69) is 14.9 Å². The number of anilines is 2. The first-order chi connectivity index (χ1) is 10.2. The van der Waals surface area contributed by atoms with E-state index in [1.807, 2.05) is 0 Å². The molecule has 21 heavy (non-hydrogen) atoms. The lowest BCUT2D eigenvalue weighted by atomic mass is 9.91. The molecular formula is C15H20N4O2. The lowest BCUT2D eigenvalue weighted by Crippen LogP contribution is -2.42. The first-order valence-electron chi connectivity index (χ1n) is 7.36. The molecule has 1 aromatic carbocycles. The number of aromatic amines is 1. The van der Waals surface area contributed by atoms with Crippen molar-refractivity contribution in [3.8, 4) is 0 Å². The number of hydrogen-bond acceptors (Lipinski definition) is 5. The first-order valence-corrected chi connectivity index (χ1v) is 7.36. The summed E-state index contributed by atoms with van der Waals surface area (Å²) in [5.74, 6) is 0.593. The number of fused-ring (bicyclic) bond motifs is 1. The lowest BCUT2D eigenvalue weighted by Gasteiger charge is -2.37. The Bertz CT molecular complexity index is 694. The van der Waals surface area contributed by atoms with Crippen molar-refractivity contribution in [3.05, 3.63) is 28.6 Å². The Labute approximate surface area is 122 Å². The molecule has 0 bridgehead atoms. The highest BCUT2D eigenvalue weighted by Gasteiger charge is 2.26. The predicted molar refractivity (Wildman–Crippen MR) is 83.5 cm³/mol. The van der Waals surface area contributed by atoms with E-state index in [9.17, 15) is 4.79 Å². The van der Waals surface area contributed by atoms with Gasteiger partial charge in [0.25, 0.3) is 5.56 Å². The van der Waals surface area contributed by atoms with Crippen molar-refractivity contribution in [1.82, 2.24) is 9.97 Å². The third-order valence-electron chi connectivity index (χ3n) is 4.06. The smallest absolute Gasteiger partial charge is 0.260 e. The van der Waals surface area contributed by atoms with Gasteiger partial charge in [0.2, 0.25) is 5.95 Å². The predicted octanol–water partition coefficient (Wildman–Crippen LogP) is 1.25. The number of benzene rings is 1. The average Bonchev–Trinajstić information content (AvgIpc) is 2.42. The van der Waals surface area contributed by atoms with Crippen LogP contribution in [0.3, 0.4) is 0 Å². The number of nitrogen functional groups attached to an aromatic ring is 1. The molecule has 6 heteroatoms. The molecule has 1 aliphatic rings. The van der Waals surface area contributed by atoms with Crippen LogP contribution in [0.1, 0.15) is 25.7 Å². The van der Waals surface area contributed by atoms with Crippen LogP contribution in [0.5, 0.6) is 0 Å². The molecule has 1 saturated carbocycles. The van der Waals surface area contributed by atoms with E-state index in [0.717, 1.165) is 12.8 Å². The van der Waals surface area contributed by atoms with Crippen molar-refractivity contribution >= 4 is 22.5 Å². The zero-order chi connectivity index (χ0) is 14.8. The molecule has 2 aromatic rings. The van der Waals surface area contributed by atoms with Crippen LogP contribution in [0.2, 0.25) is 0 Å². The van der Waals surface area contributed by atoms with Crippen molar-refractivity contribution < 1.29 is 5.11 Å². The number of nitrogens with two attached hydrogens (primary N) is 1. The topological polar surface area (TPSA) is 95.2 Å². The Balaban J connectivity index is 2.01. The van der Waals surface area contributed by atoms with Crippen molar-refractivity contribution in [2.75, 3.05) is 23.8 Å². The molecule has 0 atom stereocenters. The van der Waals surface area contributed by atoms with E-state index in [1.54, 1.807) is 18.2 Å². The van der Waals surface area contributed by atoms with E-state index in [0.29, 0.717) is 41.5 Å². The van der Waals surface area contributed by atoms with Gasteiger partial charge in [0.1, 0.15) is 0 Å². The molecule has 1 heterocycles. The second-order valence-electron chi connectivity index (χ2n) is 5.52. The van der Waals surface area contributed by atoms with Gasteiger partial charge in [-0.3, -0.25) is 9.78 Å². The highest BCUT2D eigenvalue weighted by Crippen LogP contribution is 2.28. The van der Waals surface area contributed by atoms with Crippen LogP contribution in [0, 0.1) is 0 Å². The van der Waals surface area contributed by atoms with Crippen LogP contribution >= 0.6 is 0 Å². The highest BCUT2D eigenvalue weighted by molar-refractivity contribution is 5.81. The number of nitrogens with one attached hydrogen (secondary N) is 1. The van der Waals surface area contributed by atoms with Gasteiger partial charge in [-0.1, -0.05) is 0 Å². The Morgan fingerprint density at radius 2 is 2.24 bits per heavy atom. The monoisotopic (exact) mass is 288 g/mol. The Hall–Kier alpha value is -2.08. The van der Waals surface area contributed by atoms with Crippen LogP contribution in [0.25, 0.3) is 10.9 Å². The SMILES string of the molecule is Nc1ccc2nc(N(CCCO)C3CCC3)[nH]c(=O)c2c1. The molecule has 112 valence electrons. The molecule has 0 saturated heterocycles. The standard InChI is InChI=1S/C15H20N4O2/c16-10-5-6-13-12(9-10)14(21)18-15(17-13)19(7-2-8-20)11-3-1-4-11/h5-6,9,11,20H,1-4,7-8,16H2,(H,17,18,21). The van der Waals surface area contributed by atoms with Crippen LogP contribution in [-0.4, -0.2) is 34.3 Å². The summed E-state index contributed by atoms with van der Waals surface area (Å²) in [6, 6.07) is 5.58. The van der Waals surface area contributed by atoms with Crippen LogP contribution < -0.4 is 16.2 Å². The largest absolute Gasteiger partial charge is 0.399 e. The molecule has 1 aliphatic carbocycles. The number of aromatic nitrogens is 2. The number of nitrogens with zero attached hydrogens (tertiary/aromatic N) is 2. The normalized spacial score (nSPS) is 15.1. The summed E-state index contributed by atoms with van der Waals surface area (Å²) in [4.78, 5) is 21.8. The maximum atomic E-state index is 12.2. The summed E-state index contributed by atoms with van der Waals surface area (Å²) in [5, 5.41) is 9.57. The van der Waals surface area contributed by atoms with Gasteiger partial charge >= 0.3 is 0 Å². The van der Waals surface area contributed by atoms with Crippen LogP contribution in [-0.2, 0) is 0 Å². The van der Waals surface area contributed by atoms with Gasteiger partial charge < -0.3 is 15.7 Å². The van der Waals surface area contributed by atoms with E-state index in [-0.39, 0.29) is 12.2 Å². The summed E-state index contributed by atoms with van der Waals surface area (Å²) in [6.45, 7) is 0.835. The molecule has 1 aromatic heterocycles. The number of aliphatic hydroxyl groups excluding tert-OH is 1. The fraction of sp³-hybridized carbons (Fsp3) is 0.467. The zero-order valence-electron chi connectivity index (χ0n) is 11.9. The number of aliphatic hydroxyl groups is 1. The van der Waals surface area contributed by atoms with Gasteiger partial charge in [-0.15, -0.1) is 0 Å². The van der Waals surface area contributed by atoms with Gasteiger partial charge in [0.15, 0.2) is 0 Å². The minimum Gasteiger partial charge on any atom is -0.399 e. The summed E-state index contributed by atoms with van der Waals surface area (Å²) in [7, 11) is 0. The fourth-order valence-corrected chi connectivity index (χ4v) is 2.68. The van der Waals surface area contributed by atoms with E-state index in [4.69, 9.17) is 10.8 Å². The van der Waals surface area contributed by atoms with Crippen molar-refractivity contribution in [1.29, 1.82) is 0 Å². The average molecular weight is 288 g/mol. The first kappa shape index (κ1) is 13.9. The molecule has 0 amide bonds. The summed E-state index contributed by atoms with van der Waals surface area (Å²) < 4.78 is 0. The molecule has 0 spiro atoms. The maximum Gasteiger partial charge on any atom is 0.260 e. The molecule has 3 rings (SSSR count). The second kappa shape index (κ2) is 5.73. The third kappa shape index (κ3) is 2.71. The van der Waals surface area contributed by atoms with Crippen LogP contribution in [0.15, 0.2) is 23.0 Å². The molecule has 0 aliphatic heterocycles. The summed E-state index contributed by atoms with van der Waals surface area (Å²) in [6.07, 6.45) is 4.08. The van der Waals surface area contributed by atoms with Gasteiger partial charge in [-0.2, -0.15) is 0 Å². The van der Waals surface area contributed by atoms with Crippen molar-refractivity contribution in [3.63, 3.8) is 0 Å². The molecule has 1 fully saturated rings. The van der Waals surface area contributed by atoms with Crippen molar-refractivity contribution in [2.45, 2.75) is 31.7 Å². The van der Waals surface area contributed by atoms with E-state index >= 15 is 0 Å².